The third-order valence-electron chi connectivity index (χ3n) is 4.60. The SMILES string of the molecule is CC(C)C1CN(CCCN2CCOCC2)C(CO)CN1. The fourth-order valence-electron chi connectivity index (χ4n) is 3.11. The van der Waals surface area contributed by atoms with E-state index >= 15 is 0 Å². The third-order valence-corrected chi connectivity index (χ3v) is 4.60. The highest BCUT2D eigenvalue weighted by Gasteiger charge is 2.28. The van der Waals surface area contributed by atoms with Gasteiger partial charge in [0.2, 0.25) is 0 Å². The smallest absolute Gasteiger partial charge is 0.0599 e. The Labute approximate surface area is 123 Å². The van der Waals surface area contributed by atoms with Crippen molar-refractivity contribution in [2.45, 2.75) is 32.4 Å². The Hall–Kier alpha value is -0.200. The molecule has 2 rings (SSSR count). The summed E-state index contributed by atoms with van der Waals surface area (Å²) in [5.74, 6) is 0.649. The molecule has 2 fully saturated rings. The first-order chi connectivity index (χ1) is 9.70. The summed E-state index contributed by atoms with van der Waals surface area (Å²) in [4.78, 5) is 4.96. The Balaban J connectivity index is 1.72. The van der Waals surface area contributed by atoms with Crippen LogP contribution in [0.1, 0.15) is 20.3 Å². The van der Waals surface area contributed by atoms with Gasteiger partial charge in [0, 0.05) is 38.3 Å². The lowest BCUT2D eigenvalue weighted by atomic mass is 9.99. The molecule has 5 heteroatoms. The van der Waals surface area contributed by atoms with E-state index in [9.17, 15) is 5.11 Å². The minimum atomic E-state index is 0.259. The molecule has 2 heterocycles. The second-order valence-corrected chi connectivity index (χ2v) is 6.40. The van der Waals surface area contributed by atoms with Crippen LogP contribution in [0.25, 0.3) is 0 Å². The second-order valence-electron chi connectivity index (χ2n) is 6.40. The van der Waals surface area contributed by atoms with Crippen molar-refractivity contribution in [3.05, 3.63) is 0 Å². The first-order valence-corrected chi connectivity index (χ1v) is 8.09. The van der Waals surface area contributed by atoms with Crippen LogP contribution in [-0.2, 0) is 4.74 Å². The van der Waals surface area contributed by atoms with Crippen molar-refractivity contribution >= 4 is 0 Å². The first kappa shape index (κ1) is 16.2. The van der Waals surface area contributed by atoms with Crippen LogP contribution in [0.4, 0.5) is 0 Å². The zero-order chi connectivity index (χ0) is 14.4. The Morgan fingerprint density at radius 2 is 2.00 bits per heavy atom. The van der Waals surface area contributed by atoms with Gasteiger partial charge in [-0.1, -0.05) is 13.8 Å². The second kappa shape index (κ2) is 8.29. The molecule has 0 aliphatic carbocycles. The summed E-state index contributed by atoms with van der Waals surface area (Å²) >= 11 is 0. The molecular weight excluding hydrogens is 254 g/mol. The van der Waals surface area contributed by atoms with E-state index in [0.717, 1.165) is 52.5 Å². The number of nitrogens with one attached hydrogen (secondary N) is 1. The van der Waals surface area contributed by atoms with Gasteiger partial charge in [0.05, 0.1) is 19.8 Å². The molecule has 0 aromatic rings. The molecule has 2 aliphatic rings. The first-order valence-electron chi connectivity index (χ1n) is 8.09. The van der Waals surface area contributed by atoms with Crippen molar-refractivity contribution in [3.8, 4) is 0 Å². The van der Waals surface area contributed by atoms with Crippen molar-refractivity contribution in [1.29, 1.82) is 0 Å². The maximum Gasteiger partial charge on any atom is 0.0599 e. The number of hydrogen-bond acceptors (Lipinski definition) is 5. The van der Waals surface area contributed by atoms with Crippen LogP contribution in [0.2, 0.25) is 0 Å². The molecule has 2 unspecified atom stereocenters. The molecule has 0 aromatic carbocycles. The van der Waals surface area contributed by atoms with Crippen LogP contribution < -0.4 is 5.32 Å². The molecule has 2 aliphatic heterocycles. The molecule has 0 radical (unpaired) electrons. The van der Waals surface area contributed by atoms with Crippen LogP contribution in [0.3, 0.4) is 0 Å². The molecule has 20 heavy (non-hydrogen) atoms. The molecule has 0 spiro atoms. The lowest BCUT2D eigenvalue weighted by Crippen LogP contribution is -2.59. The van der Waals surface area contributed by atoms with E-state index in [1.54, 1.807) is 0 Å². The maximum absolute atomic E-state index is 9.53. The highest BCUT2D eigenvalue weighted by molar-refractivity contribution is 4.87. The average molecular weight is 285 g/mol. The van der Waals surface area contributed by atoms with Crippen LogP contribution >= 0.6 is 0 Å². The molecule has 5 nitrogen and oxygen atoms in total. The number of aliphatic hydroxyl groups excluding tert-OH is 1. The molecule has 118 valence electrons. The number of aliphatic hydroxyl groups is 1. The fraction of sp³-hybridized carbons (Fsp3) is 1.00. The van der Waals surface area contributed by atoms with Crippen LogP contribution in [0.15, 0.2) is 0 Å². The van der Waals surface area contributed by atoms with E-state index in [4.69, 9.17) is 4.74 Å². The van der Waals surface area contributed by atoms with Crippen molar-refractivity contribution < 1.29 is 9.84 Å². The summed E-state index contributed by atoms with van der Waals surface area (Å²) in [5.41, 5.74) is 0. The summed E-state index contributed by atoms with van der Waals surface area (Å²) in [5, 5.41) is 13.1. The fourth-order valence-corrected chi connectivity index (χ4v) is 3.11. The van der Waals surface area contributed by atoms with Crippen molar-refractivity contribution in [1.82, 2.24) is 15.1 Å². The number of ether oxygens (including phenoxy) is 1. The van der Waals surface area contributed by atoms with E-state index in [1.165, 1.54) is 6.42 Å². The number of morpholine rings is 1. The average Bonchev–Trinajstić information content (AvgIpc) is 2.48. The predicted octanol–water partition coefficient (Wildman–Crippen LogP) is -0.000600. The third kappa shape index (κ3) is 4.67. The van der Waals surface area contributed by atoms with Crippen molar-refractivity contribution in [2.75, 3.05) is 59.1 Å². The topological polar surface area (TPSA) is 48.0 Å². The maximum atomic E-state index is 9.53. The lowest BCUT2D eigenvalue weighted by molar-refractivity contribution is 0.0310. The summed E-state index contributed by atoms with van der Waals surface area (Å²) < 4.78 is 5.38. The largest absolute Gasteiger partial charge is 0.395 e. The van der Waals surface area contributed by atoms with E-state index in [2.05, 4.69) is 29.0 Å². The summed E-state index contributed by atoms with van der Waals surface area (Å²) in [6, 6.07) is 0.843. The monoisotopic (exact) mass is 285 g/mol. The summed E-state index contributed by atoms with van der Waals surface area (Å²) in [6.07, 6.45) is 1.18. The van der Waals surface area contributed by atoms with E-state index in [-0.39, 0.29) is 12.6 Å². The Morgan fingerprint density at radius 1 is 1.25 bits per heavy atom. The highest BCUT2D eigenvalue weighted by Crippen LogP contribution is 2.13. The van der Waals surface area contributed by atoms with E-state index in [0.29, 0.717) is 12.0 Å². The quantitative estimate of drug-likeness (QED) is 0.719. The number of hydrogen-bond donors (Lipinski definition) is 2. The minimum Gasteiger partial charge on any atom is -0.395 e. The molecule has 2 saturated heterocycles. The number of rotatable bonds is 6. The van der Waals surface area contributed by atoms with Gasteiger partial charge >= 0.3 is 0 Å². The zero-order valence-corrected chi connectivity index (χ0v) is 13.1. The van der Waals surface area contributed by atoms with Crippen LogP contribution in [-0.4, -0.2) is 86.1 Å². The van der Waals surface area contributed by atoms with Gasteiger partial charge < -0.3 is 15.2 Å². The predicted molar refractivity (Wildman–Crippen MR) is 81.0 cm³/mol. The van der Waals surface area contributed by atoms with Gasteiger partial charge in [-0.3, -0.25) is 9.80 Å². The van der Waals surface area contributed by atoms with Gasteiger partial charge in [-0.25, -0.2) is 0 Å². The van der Waals surface area contributed by atoms with Gasteiger partial charge in [-0.2, -0.15) is 0 Å². The molecule has 2 N–H and O–H groups in total. The summed E-state index contributed by atoms with van der Waals surface area (Å²) in [6.45, 7) is 12.9. The Bertz CT molecular complexity index is 270. The normalized spacial score (nSPS) is 30.0. The molecule has 0 amide bonds. The van der Waals surface area contributed by atoms with Crippen LogP contribution in [0.5, 0.6) is 0 Å². The van der Waals surface area contributed by atoms with Crippen molar-refractivity contribution in [2.24, 2.45) is 5.92 Å². The lowest BCUT2D eigenvalue weighted by Gasteiger charge is -2.41. The molecule has 0 bridgehead atoms. The van der Waals surface area contributed by atoms with Gasteiger partial charge in [0.1, 0.15) is 0 Å². The number of nitrogens with zero attached hydrogens (tertiary/aromatic N) is 2. The van der Waals surface area contributed by atoms with Crippen LogP contribution in [0, 0.1) is 5.92 Å². The molecule has 0 saturated carbocycles. The molecule has 2 atom stereocenters. The minimum absolute atomic E-state index is 0.259. The standard InChI is InChI=1S/C15H31N3O2/c1-13(2)15-11-18(14(12-19)10-16-15)5-3-4-17-6-8-20-9-7-17/h13-16,19H,3-12H2,1-2H3. The Morgan fingerprint density at radius 3 is 2.65 bits per heavy atom. The van der Waals surface area contributed by atoms with Crippen molar-refractivity contribution in [3.63, 3.8) is 0 Å². The highest BCUT2D eigenvalue weighted by atomic mass is 16.5. The number of piperazine rings is 1. The summed E-state index contributed by atoms with van der Waals surface area (Å²) in [7, 11) is 0. The van der Waals surface area contributed by atoms with Gasteiger partial charge in [0.15, 0.2) is 0 Å². The Kier molecular flexibility index (Phi) is 6.71. The van der Waals surface area contributed by atoms with E-state index in [1.807, 2.05) is 0 Å². The van der Waals surface area contributed by atoms with Gasteiger partial charge in [0.25, 0.3) is 0 Å². The zero-order valence-electron chi connectivity index (χ0n) is 13.1. The molecule has 0 aromatic heterocycles. The van der Waals surface area contributed by atoms with Gasteiger partial charge in [-0.15, -0.1) is 0 Å². The molecular formula is C15H31N3O2. The van der Waals surface area contributed by atoms with E-state index < -0.39 is 0 Å². The van der Waals surface area contributed by atoms with Gasteiger partial charge in [-0.05, 0) is 25.4 Å².